The van der Waals surface area contributed by atoms with E-state index < -0.39 is 0 Å². The lowest BCUT2D eigenvalue weighted by Gasteiger charge is -2.10. The van der Waals surface area contributed by atoms with Crippen LogP contribution in [-0.4, -0.2) is 18.4 Å². The van der Waals surface area contributed by atoms with Crippen LogP contribution in [0.15, 0.2) is 42.5 Å². The molecule has 24 heavy (non-hydrogen) atoms. The van der Waals surface area contributed by atoms with Crippen LogP contribution in [0, 0.1) is 0 Å². The predicted octanol–water partition coefficient (Wildman–Crippen LogP) is 3.85. The number of rotatable bonds is 6. The number of hydrogen-bond donors (Lipinski definition) is 2. The summed E-state index contributed by atoms with van der Waals surface area (Å²) in [7, 11) is 0. The molecule has 0 bridgehead atoms. The van der Waals surface area contributed by atoms with E-state index in [1.807, 2.05) is 31.2 Å². The number of carbonyl (C=O) groups excluding carboxylic acids is 2. The molecule has 0 aliphatic heterocycles. The second kappa shape index (κ2) is 8.71. The first-order valence-corrected chi connectivity index (χ1v) is 8.33. The van der Waals surface area contributed by atoms with E-state index in [1.54, 1.807) is 18.2 Å². The third-order valence-electron chi connectivity index (χ3n) is 3.47. The molecule has 2 aromatic carbocycles. The zero-order valence-electron chi connectivity index (χ0n) is 13.2. The van der Waals surface area contributed by atoms with E-state index in [0.717, 1.165) is 23.2 Å². The third-order valence-corrected chi connectivity index (χ3v) is 4.21. The molecule has 2 N–H and O–H groups in total. The van der Waals surface area contributed by atoms with Crippen molar-refractivity contribution in [1.82, 2.24) is 5.32 Å². The fourth-order valence-electron chi connectivity index (χ4n) is 2.22. The first-order chi connectivity index (χ1) is 11.5. The van der Waals surface area contributed by atoms with Crippen molar-refractivity contribution in [3.8, 4) is 0 Å². The number of benzene rings is 2. The lowest BCUT2D eigenvalue weighted by molar-refractivity contribution is -0.123. The minimum atomic E-state index is -0.265. The summed E-state index contributed by atoms with van der Waals surface area (Å²) < 4.78 is 0. The summed E-state index contributed by atoms with van der Waals surface area (Å²) in [5, 5.41) is 6.24. The number of nitrogens with one attached hydrogen (secondary N) is 2. The van der Waals surface area contributed by atoms with Crippen LogP contribution in [-0.2, 0) is 22.4 Å². The minimum Gasteiger partial charge on any atom is -0.347 e. The minimum absolute atomic E-state index is 0.0851. The SMILES string of the molecule is CCc1ccccc1NC(=O)CNC(=O)Cc1ccc(Cl)c(Cl)c1. The molecule has 0 unspecified atom stereocenters. The summed E-state index contributed by atoms with van der Waals surface area (Å²) >= 11 is 11.8. The zero-order chi connectivity index (χ0) is 17.5. The van der Waals surface area contributed by atoms with Gasteiger partial charge in [-0.25, -0.2) is 0 Å². The molecule has 126 valence electrons. The van der Waals surface area contributed by atoms with Crippen LogP contribution in [0.5, 0.6) is 0 Å². The molecule has 4 nitrogen and oxygen atoms in total. The van der Waals surface area contributed by atoms with E-state index in [1.165, 1.54) is 0 Å². The van der Waals surface area contributed by atoms with E-state index in [2.05, 4.69) is 10.6 Å². The average molecular weight is 365 g/mol. The number of carbonyl (C=O) groups is 2. The molecule has 0 aromatic heterocycles. The summed E-state index contributed by atoms with van der Waals surface area (Å²) in [4.78, 5) is 23.9. The Labute approximate surface area is 151 Å². The number of halogens is 2. The van der Waals surface area contributed by atoms with Gasteiger partial charge in [0.1, 0.15) is 0 Å². The Balaban J connectivity index is 1.84. The maximum Gasteiger partial charge on any atom is 0.243 e. The van der Waals surface area contributed by atoms with Gasteiger partial charge in [-0.1, -0.05) is 54.4 Å². The van der Waals surface area contributed by atoms with Gasteiger partial charge in [-0.05, 0) is 35.7 Å². The Morgan fingerprint density at radius 1 is 1.00 bits per heavy atom. The van der Waals surface area contributed by atoms with E-state index in [4.69, 9.17) is 23.2 Å². The molecule has 0 atom stereocenters. The topological polar surface area (TPSA) is 58.2 Å². The smallest absolute Gasteiger partial charge is 0.243 e. The van der Waals surface area contributed by atoms with Crippen LogP contribution in [0.2, 0.25) is 10.0 Å². The second-order valence-electron chi connectivity index (χ2n) is 5.26. The average Bonchev–Trinajstić information content (AvgIpc) is 2.57. The molecule has 0 radical (unpaired) electrons. The fourth-order valence-corrected chi connectivity index (χ4v) is 2.54. The summed E-state index contributed by atoms with van der Waals surface area (Å²) in [6, 6.07) is 12.6. The Bertz CT molecular complexity index is 748. The normalized spacial score (nSPS) is 10.3. The van der Waals surface area contributed by atoms with E-state index in [-0.39, 0.29) is 24.8 Å². The first kappa shape index (κ1) is 18.3. The van der Waals surface area contributed by atoms with E-state index >= 15 is 0 Å². The molecule has 0 aliphatic carbocycles. The molecule has 6 heteroatoms. The van der Waals surface area contributed by atoms with Crippen molar-refractivity contribution >= 4 is 40.7 Å². The number of para-hydroxylation sites is 1. The van der Waals surface area contributed by atoms with Crippen LogP contribution in [0.3, 0.4) is 0 Å². The van der Waals surface area contributed by atoms with Crippen LogP contribution < -0.4 is 10.6 Å². The van der Waals surface area contributed by atoms with Crippen LogP contribution in [0.1, 0.15) is 18.1 Å². The van der Waals surface area contributed by atoms with Gasteiger partial charge in [-0.2, -0.15) is 0 Å². The zero-order valence-corrected chi connectivity index (χ0v) is 14.7. The molecule has 0 heterocycles. The highest BCUT2D eigenvalue weighted by Gasteiger charge is 2.09. The van der Waals surface area contributed by atoms with Gasteiger partial charge in [0.25, 0.3) is 0 Å². The van der Waals surface area contributed by atoms with Crippen molar-refractivity contribution in [2.75, 3.05) is 11.9 Å². The number of aryl methyl sites for hydroxylation is 1. The molecular weight excluding hydrogens is 347 g/mol. The van der Waals surface area contributed by atoms with Crippen molar-refractivity contribution < 1.29 is 9.59 Å². The quantitative estimate of drug-likeness (QED) is 0.817. The van der Waals surface area contributed by atoms with Gasteiger partial charge in [0.05, 0.1) is 23.0 Å². The van der Waals surface area contributed by atoms with Gasteiger partial charge in [-0.3, -0.25) is 9.59 Å². The standard InChI is InChI=1S/C18H18Cl2N2O2/c1-2-13-5-3-4-6-16(13)22-18(24)11-21-17(23)10-12-7-8-14(19)15(20)9-12/h3-9H,2,10-11H2,1H3,(H,21,23)(H,22,24). The van der Waals surface area contributed by atoms with Crippen LogP contribution in [0.4, 0.5) is 5.69 Å². The lowest BCUT2D eigenvalue weighted by Crippen LogP contribution is -2.33. The Morgan fingerprint density at radius 3 is 2.46 bits per heavy atom. The highest BCUT2D eigenvalue weighted by Crippen LogP contribution is 2.22. The van der Waals surface area contributed by atoms with Crippen molar-refractivity contribution in [3.05, 3.63) is 63.6 Å². The van der Waals surface area contributed by atoms with E-state index in [0.29, 0.717) is 10.0 Å². The highest BCUT2D eigenvalue weighted by molar-refractivity contribution is 6.42. The molecule has 0 fully saturated rings. The highest BCUT2D eigenvalue weighted by atomic mass is 35.5. The van der Waals surface area contributed by atoms with Gasteiger partial charge >= 0.3 is 0 Å². The lowest BCUT2D eigenvalue weighted by atomic mass is 10.1. The van der Waals surface area contributed by atoms with Gasteiger partial charge < -0.3 is 10.6 Å². The number of amides is 2. The van der Waals surface area contributed by atoms with Crippen molar-refractivity contribution in [1.29, 1.82) is 0 Å². The molecule has 0 saturated heterocycles. The Kier molecular flexibility index (Phi) is 6.64. The van der Waals surface area contributed by atoms with Gasteiger partial charge in [-0.15, -0.1) is 0 Å². The monoisotopic (exact) mass is 364 g/mol. The van der Waals surface area contributed by atoms with Crippen molar-refractivity contribution in [3.63, 3.8) is 0 Å². The third kappa shape index (κ3) is 5.25. The maximum atomic E-state index is 12.0. The van der Waals surface area contributed by atoms with Crippen LogP contribution >= 0.6 is 23.2 Å². The van der Waals surface area contributed by atoms with Gasteiger partial charge in [0.2, 0.25) is 11.8 Å². The molecule has 2 rings (SSSR count). The second-order valence-corrected chi connectivity index (χ2v) is 6.08. The molecular formula is C18H18Cl2N2O2. The van der Waals surface area contributed by atoms with Gasteiger partial charge in [0, 0.05) is 5.69 Å². The molecule has 0 spiro atoms. The van der Waals surface area contributed by atoms with Gasteiger partial charge in [0.15, 0.2) is 0 Å². The summed E-state index contributed by atoms with van der Waals surface area (Å²) in [5.74, 6) is -0.522. The predicted molar refractivity (Wildman–Crippen MR) is 97.6 cm³/mol. The van der Waals surface area contributed by atoms with Crippen molar-refractivity contribution in [2.45, 2.75) is 19.8 Å². The first-order valence-electron chi connectivity index (χ1n) is 7.58. The van der Waals surface area contributed by atoms with E-state index in [9.17, 15) is 9.59 Å². The molecule has 0 aliphatic rings. The Hall–Kier alpha value is -2.04. The van der Waals surface area contributed by atoms with Crippen LogP contribution in [0.25, 0.3) is 0 Å². The fraction of sp³-hybridized carbons (Fsp3) is 0.222. The summed E-state index contributed by atoms with van der Waals surface area (Å²) in [6.45, 7) is 1.93. The molecule has 0 saturated carbocycles. The van der Waals surface area contributed by atoms with Crippen molar-refractivity contribution in [2.24, 2.45) is 0 Å². The number of hydrogen-bond acceptors (Lipinski definition) is 2. The Morgan fingerprint density at radius 2 is 1.75 bits per heavy atom. The molecule has 2 amide bonds. The maximum absolute atomic E-state index is 12.0. The number of anilines is 1. The summed E-state index contributed by atoms with van der Waals surface area (Å²) in [5.41, 5.74) is 2.55. The molecule has 2 aromatic rings. The summed E-state index contributed by atoms with van der Waals surface area (Å²) in [6.07, 6.45) is 0.954. The largest absolute Gasteiger partial charge is 0.347 e.